The van der Waals surface area contributed by atoms with Crippen molar-refractivity contribution in [2.75, 3.05) is 0 Å². The lowest BCUT2D eigenvalue weighted by atomic mass is 10.0. The van der Waals surface area contributed by atoms with Gasteiger partial charge in [-0.1, -0.05) is 37.9 Å². The molecular formula is C15H18ClN. The Morgan fingerprint density at radius 1 is 1.24 bits per heavy atom. The molecule has 2 aromatic rings. The van der Waals surface area contributed by atoms with Crippen molar-refractivity contribution in [2.45, 2.75) is 40.0 Å². The Hall–Kier alpha value is -1.08. The summed E-state index contributed by atoms with van der Waals surface area (Å²) < 4.78 is 0. The molecule has 0 saturated carbocycles. The van der Waals surface area contributed by atoms with E-state index in [0.29, 0.717) is 0 Å². The molecule has 1 aromatic heterocycles. The Bertz CT molecular complexity index is 546. The fourth-order valence-corrected chi connectivity index (χ4v) is 2.70. The molecule has 17 heavy (non-hydrogen) atoms. The molecular weight excluding hydrogens is 230 g/mol. The number of aromatic nitrogens is 1. The van der Waals surface area contributed by atoms with Crippen LogP contribution in [0.15, 0.2) is 18.2 Å². The highest BCUT2D eigenvalue weighted by Crippen LogP contribution is 2.29. The number of halogens is 1. The van der Waals surface area contributed by atoms with Crippen LogP contribution in [-0.2, 0) is 12.8 Å². The number of hydrogen-bond donors (Lipinski definition) is 0. The highest BCUT2D eigenvalue weighted by atomic mass is 35.5. The molecule has 1 nitrogen and oxygen atoms in total. The summed E-state index contributed by atoms with van der Waals surface area (Å²) in [7, 11) is 0. The second-order valence-corrected chi connectivity index (χ2v) is 4.82. The summed E-state index contributed by atoms with van der Waals surface area (Å²) in [5.41, 5.74) is 4.57. The van der Waals surface area contributed by atoms with Crippen molar-refractivity contribution in [1.29, 1.82) is 0 Å². The van der Waals surface area contributed by atoms with Gasteiger partial charge in [0.2, 0.25) is 0 Å². The number of pyridine rings is 1. The lowest BCUT2D eigenvalue weighted by Gasteiger charge is -2.10. The normalized spacial score (nSPS) is 11.1. The highest BCUT2D eigenvalue weighted by molar-refractivity contribution is 6.36. The molecule has 0 aliphatic carbocycles. The van der Waals surface area contributed by atoms with Gasteiger partial charge in [0.25, 0.3) is 0 Å². The lowest BCUT2D eigenvalue weighted by Crippen LogP contribution is -1.95. The van der Waals surface area contributed by atoms with E-state index >= 15 is 0 Å². The zero-order valence-corrected chi connectivity index (χ0v) is 11.4. The van der Waals surface area contributed by atoms with E-state index in [4.69, 9.17) is 11.6 Å². The summed E-state index contributed by atoms with van der Waals surface area (Å²) in [6.07, 6.45) is 3.19. The minimum absolute atomic E-state index is 0.882. The summed E-state index contributed by atoms with van der Waals surface area (Å²) in [4.78, 5) is 4.62. The molecule has 0 radical (unpaired) electrons. The molecule has 0 N–H and O–H groups in total. The van der Waals surface area contributed by atoms with Gasteiger partial charge < -0.3 is 0 Å². The fraction of sp³-hybridized carbons (Fsp3) is 0.400. The summed E-state index contributed by atoms with van der Waals surface area (Å²) in [5, 5.41) is 1.98. The molecule has 0 unspecified atom stereocenters. The van der Waals surface area contributed by atoms with Crippen molar-refractivity contribution < 1.29 is 0 Å². The molecule has 2 rings (SSSR count). The first-order chi connectivity index (χ1) is 8.17. The third-order valence-electron chi connectivity index (χ3n) is 3.18. The largest absolute Gasteiger partial charge is 0.253 e. The summed E-state index contributed by atoms with van der Waals surface area (Å²) in [5.74, 6) is 0. The van der Waals surface area contributed by atoms with E-state index in [1.165, 1.54) is 11.1 Å². The van der Waals surface area contributed by atoms with Crippen LogP contribution in [-0.4, -0.2) is 4.98 Å². The van der Waals surface area contributed by atoms with Crippen molar-refractivity contribution in [3.8, 4) is 0 Å². The van der Waals surface area contributed by atoms with E-state index in [9.17, 15) is 0 Å². The molecule has 0 atom stereocenters. The van der Waals surface area contributed by atoms with Gasteiger partial charge in [0.05, 0.1) is 10.5 Å². The summed E-state index contributed by atoms with van der Waals surface area (Å²) >= 11 is 6.48. The number of hydrogen-bond acceptors (Lipinski definition) is 1. The number of benzene rings is 1. The van der Waals surface area contributed by atoms with Gasteiger partial charge in [-0.15, -0.1) is 0 Å². The first kappa shape index (κ1) is 12.4. The van der Waals surface area contributed by atoms with Crippen LogP contribution in [0.4, 0.5) is 0 Å². The monoisotopic (exact) mass is 247 g/mol. The number of nitrogens with zero attached hydrogens (tertiary/aromatic N) is 1. The van der Waals surface area contributed by atoms with Crippen LogP contribution in [0.3, 0.4) is 0 Å². The molecule has 0 saturated heterocycles. The third-order valence-corrected chi connectivity index (χ3v) is 3.61. The topological polar surface area (TPSA) is 12.9 Å². The van der Waals surface area contributed by atoms with Gasteiger partial charge in [-0.2, -0.15) is 0 Å². The maximum Gasteiger partial charge on any atom is 0.0720 e. The summed E-state index contributed by atoms with van der Waals surface area (Å²) in [6, 6.07) is 6.42. The Kier molecular flexibility index (Phi) is 3.68. The van der Waals surface area contributed by atoms with Crippen LogP contribution in [0.2, 0.25) is 5.02 Å². The average Bonchev–Trinajstić information content (AvgIpc) is 2.31. The number of aryl methyl sites for hydroxylation is 2. The molecule has 0 aliphatic rings. The van der Waals surface area contributed by atoms with Gasteiger partial charge in [0.15, 0.2) is 0 Å². The maximum absolute atomic E-state index is 6.48. The van der Waals surface area contributed by atoms with Gasteiger partial charge in [0, 0.05) is 11.1 Å². The molecule has 1 aromatic carbocycles. The predicted molar refractivity (Wildman–Crippen MR) is 74.9 cm³/mol. The molecule has 0 aliphatic heterocycles. The Balaban J connectivity index is 2.67. The zero-order valence-electron chi connectivity index (χ0n) is 10.7. The van der Waals surface area contributed by atoms with Crippen LogP contribution in [0.1, 0.15) is 37.1 Å². The first-order valence-corrected chi connectivity index (χ1v) is 6.62. The summed E-state index contributed by atoms with van der Waals surface area (Å²) in [6.45, 7) is 6.35. The Morgan fingerprint density at radius 3 is 2.65 bits per heavy atom. The molecule has 0 bridgehead atoms. The predicted octanol–water partition coefficient (Wildman–Crippen LogP) is 4.71. The maximum atomic E-state index is 6.48. The van der Waals surface area contributed by atoms with Crippen LogP contribution >= 0.6 is 11.6 Å². The average molecular weight is 248 g/mol. The minimum Gasteiger partial charge on any atom is -0.253 e. The van der Waals surface area contributed by atoms with E-state index in [1.807, 2.05) is 6.92 Å². The Morgan fingerprint density at radius 2 is 2.00 bits per heavy atom. The molecule has 0 amide bonds. The molecule has 0 fully saturated rings. The quantitative estimate of drug-likeness (QED) is 0.765. The van der Waals surface area contributed by atoms with E-state index in [1.54, 1.807) is 0 Å². The van der Waals surface area contributed by atoms with E-state index < -0.39 is 0 Å². The van der Waals surface area contributed by atoms with Gasteiger partial charge >= 0.3 is 0 Å². The van der Waals surface area contributed by atoms with Gasteiger partial charge in [0.1, 0.15) is 0 Å². The molecule has 90 valence electrons. The fourth-order valence-electron chi connectivity index (χ4n) is 2.28. The van der Waals surface area contributed by atoms with E-state index in [2.05, 4.69) is 37.0 Å². The van der Waals surface area contributed by atoms with Crippen molar-refractivity contribution >= 4 is 22.5 Å². The number of rotatable bonds is 3. The van der Waals surface area contributed by atoms with Crippen molar-refractivity contribution in [3.63, 3.8) is 0 Å². The van der Waals surface area contributed by atoms with Crippen molar-refractivity contribution in [1.82, 2.24) is 4.98 Å². The zero-order chi connectivity index (χ0) is 12.4. The SMILES string of the molecule is CCCc1ccc2nc(C)c(CC)c(Cl)c2c1. The second kappa shape index (κ2) is 5.05. The van der Waals surface area contributed by atoms with E-state index in [0.717, 1.165) is 40.9 Å². The van der Waals surface area contributed by atoms with Crippen molar-refractivity contribution in [2.24, 2.45) is 0 Å². The van der Waals surface area contributed by atoms with Crippen molar-refractivity contribution in [3.05, 3.63) is 40.0 Å². The smallest absolute Gasteiger partial charge is 0.0720 e. The van der Waals surface area contributed by atoms with Gasteiger partial charge in [-0.25, -0.2) is 0 Å². The molecule has 0 spiro atoms. The van der Waals surface area contributed by atoms with Crippen LogP contribution in [0.25, 0.3) is 10.9 Å². The molecule has 2 heteroatoms. The molecule has 1 heterocycles. The third kappa shape index (κ3) is 2.30. The highest BCUT2D eigenvalue weighted by Gasteiger charge is 2.09. The van der Waals surface area contributed by atoms with Gasteiger partial charge in [-0.05, 0) is 43.0 Å². The first-order valence-electron chi connectivity index (χ1n) is 6.25. The van der Waals surface area contributed by atoms with Gasteiger partial charge in [-0.3, -0.25) is 4.98 Å². The standard InChI is InChI=1S/C15H18ClN/c1-4-6-11-7-8-14-13(9-11)15(16)12(5-2)10(3)17-14/h7-9H,4-6H2,1-3H3. The second-order valence-electron chi connectivity index (χ2n) is 4.44. The Labute approximate surface area is 108 Å². The van der Waals surface area contributed by atoms with E-state index in [-0.39, 0.29) is 0 Å². The minimum atomic E-state index is 0.882. The lowest BCUT2D eigenvalue weighted by molar-refractivity contribution is 0.923. The number of fused-ring (bicyclic) bond motifs is 1. The van der Waals surface area contributed by atoms with Crippen LogP contribution < -0.4 is 0 Å². The van der Waals surface area contributed by atoms with Crippen LogP contribution in [0, 0.1) is 6.92 Å². The van der Waals surface area contributed by atoms with Crippen LogP contribution in [0.5, 0.6) is 0 Å².